The molecule has 0 aromatic heterocycles. The zero-order valence-electron chi connectivity index (χ0n) is 10.9. The topological polar surface area (TPSA) is 12.0 Å². The summed E-state index contributed by atoms with van der Waals surface area (Å²) in [6.45, 7) is 2.68. The molecule has 0 aliphatic heterocycles. The molecule has 1 nitrogen and oxygen atoms in total. The van der Waals surface area contributed by atoms with Crippen molar-refractivity contribution in [2.24, 2.45) is 0 Å². The minimum Gasteiger partial charge on any atom is -0.310 e. The first-order valence-electron chi connectivity index (χ1n) is 6.48. The summed E-state index contributed by atoms with van der Waals surface area (Å²) in [7, 11) is 0. The Morgan fingerprint density at radius 1 is 1.16 bits per heavy atom. The summed E-state index contributed by atoms with van der Waals surface area (Å²) in [5, 5.41) is 3.31. The Labute approximate surface area is 120 Å². The van der Waals surface area contributed by atoms with Crippen molar-refractivity contribution in [2.75, 3.05) is 6.54 Å². The first-order chi connectivity index (χ1) is 8.92. The maximum absolute atomic E-state index is 12.0. The molecule has 0 saturated heterocycles. The van der Waals surface area contributed by atoms with Crippen LogP contribution in [-0.4, -0.2) is 12.7 Å². The average molecular weight is 338 g/mol. The molecular formula is C14H19BrF3N. The summed E-state index contributed by atoms with van der Waals surface area (Å²) in [4.78, 5) is 0. The molecule has 1 atom stereocenters. The van der Waals surface area contributed by atoms with Gasteiger partial charge < -0.3 is 5.32 Å². The minimum absolute atomic E-state index is 0.188. The van der Waals surface area contributed by atoms with Crippen LogP contribution in [0.2, 0.25) is 0 Å². The summed E-state index contributed by atoms with van der Waals surface area (Å²) < 4.78 is 37.0. The van der Waals surface area contributed by atoms with E-state index in [2.05, 4.69) is 28.2 Å². The zero-order chi connectivity index (χ0) is 14.3. The third-order valence-corrected chi connectivity index (χ3v) is 3.49. The van der Waals surface area contributed by atoms with Crippen LogP contribution in [0.5, 0.6) is 0 Å². The van der Waals surface area contributed by atoms with E-state index in [0.29, 0.717) is 13.0 Å². The number of alkyl halides is 3. The second-order valence-corrected chi connectivity index (χ2v) is 5.45. The quantitative estimate of drug-likeness (QED) is 0.672. The molecular weight excluding hydrogens is 319 g/mol. The van der Waals surface area contributed by atoms with Crippen LogP contribution in [0.4, 0.5) is 13.2 Å². The van der Waals surface area contributed by atoms with Gasteiger partial charge in [0.05, 0.1) is 0 Å². The lowest BCUT2D eigenvalue weighted by Crippen LogP contribution is -2.22. The largest absolute Gasteiger partial charge is 0.389 e. The maximum Gasteiger partial charge on any atom is 0.389 e. The van der Waals surface area contributed by atoms with E-state index in [0.717, 1.165) is 10.9 Å². The number of benzene rings is 1. The highest BCUT2D eigenvalue weighted by Gasteiger charge is 2.25. The molecule has 0 radical (unpaired) electrons. The van der Waals surface area contributed by atoms with E-state index in [1.165, 1.54) is 5.56 Å². The van der Waals surface area contributed by atoms with Crippen LogP contribution >= 0.6 is 15.9 Å². The number of nitrogens with one attached hydrogen (secondary N) is 1. The van der Waals surface area contributed by atoms with Gasteiger partial charge in [-0.1, -0.05) is 35.0 Å². The van der Waals surface area contributed by atoms with Crippen molar-refractivity contribution in [2.45, 2.75) is 44.8 Å². The number of unbranched alkanes of at least 4 members (excludes halogenated alkanes) is 1. The van der Waals surface area contributed by atoms with Crippen molar-refractivity contribution in [3.05, 3.63) is 34.3 Å². The lowest BCUT2D eigenvalue weighted by Gasteiger charge is -2.17. The van der Waals surface area contributed by atoms with E-state index < -0.39 is 12.6 Å². The molecule has 0 heterocycles. The summed E-state index contributed by atoms with van der Waals surface area (Å²) in [6.07, 6.45) is -3.07. The molecule has 0 aliphatic carbocycles. The van der Waals surface area contributed by atoms with Crippen molar-refractivity contribution >= 4 is 15.9 Å². The highest BCUT2D eigenvalue weighted by atomic mass is 79.9. The normalized spacial score (nSPS) is 13.5. The molecule has 0 fully saturated rings. The van der Waals surface area contributed by atoms with Gasteiger partial charge in [-0.3, -0.25) is 0 Å². The van der Waals surface area contributed by atoms with Gasteiger partial charge in [-0.2, -0.15) is 13.2 Å². The Kier molecular flexibility index (Phi) is 6.86. The predicted octanol–water partition coefficient (Wildman–Crippen LogP) is 5.22. The minimum atomic E-state index is -4.03. The number of rotatable bonds is 7. The van der Waals surface area contributed by atoms with Gasteiger partial charge in [0.2, 0.25) is 0 Å². The van der Waals surface area contributed by atoms with Gasteiger partial charge in [0.25, 0.3) is 0 Å². The molecule has 19 heavy (non-hydrogen) atoms. The van der Waals surface area contributed by atoms with Crippen LogP contribution in [0.25, 0.3) is 0 Å². The van der Waals surface area contributed by atoms with E-state index >= 15 is 0 Å². The lowest BCUT2D eigenvalue weighted by molar-refractivity contribution is -0.135. The van der Waals surface area contributed by atoms with Gasteiger partial charge in [0, 0.05) is 16.9 Å². The van der Waals surface area contributed by atoms with Crippen molar-refractivity contribution in [3.63, 3.8) is 0 Å². The third kappa shape index (κ3) is 6.97. The molecule has 5 heteroatoms. The second kappa shape index (κ2) is 7.90. The van der Waals surface area contributed by atoms with E-state index in [4.69, 9.17) is 0 Å². The first kappa shape index (κ1) is 16.5. The van der Waals surface area contributed by atoms with Crippen LogP contribution in [0.15, 0.2) is 28.7 Å². The average Bonchev–Trinajstić information content (AvgIpc) is 2.34. The van der Waals surface area contributed by atoms with Crippen LogP contribution in [-0.2, 0) is 0 Å². The highest BCUT2D eigenvalue weighted by Crippen LogP contribution is 2.22. The predicted molar refractivity (Wildman–Crippen MR) is 75.1 cm³/mol. The Hall–Kier alpha value is -0.550. The smallest absolute Gasteiger partial charge is 0.310 e. The summed E-state index contributed by atoms with van der Waals surface area (Å²) in [6, 6.07) is 8.22. The van der Waals surface area contributed by atoms with Crippen LogP contribution < -0.4 is 5.32 Å². The summed E-state index contributed by atoms with van der Waals surface area (Å²) in [5.74, 6) is 0. The molecule has 108 valence electrons. The Balaban J connectivity index is 2.31. The molecule has 1 aromatic rings. The maximum atomic E-state index is 12.0. The molecule has 1 rings (SSSR count). The lowest BCUT2D eigenvalue weighted by atomic mass is 10.0. The monoisotopic (exact) mass is 337 g/mol. The molecule has 0 spiro atoms. The van der Waals surface area contributed by atoms with Gasteiger partial charge in [0.1, 0.15) is 0 Å². The van der Waals surface area contributed by atoms with Crippen LogP contribution in [0.1, 0.15) is 44.2 Å². The van der Waals surface area contributed by atoms with Crippen molar-refractivity contribution < 1.29 is 13.2 Å². The van der Waals surface area contributed by atoms with Gasteiger partial charge in [0.15, 0.2) is 0 Å². The zero-order valence-corrected chi connectivity index (χ0v) is 12.5. The Morgan fingerprint density at radius 2 is 1.79 bits per heavy atom. The van der Waals surface area contributed by atoms with Crippen molar-refractivity contribution in [1.82, 2.24) is 5.32 Å². The molecule has 0 aliphatic rings. The van der Waals surface area contributed by atoms with Gasteiger partial charge in [-0.05, 0) is 43.5 Å². The fourth-order valence-electron chi connectivity index (χ4n) is 1.92. The van der Waals surface area contributed by atoms with Crippen LogP contribution in [0, 0.1) is 0 Å². The number of hydrogen-bond acceptors (Lipinski definition) is 1. The van der Waals surface area contributed by atoms with Crippen molar-refractivity contribution in [1.29, 1.82) is 0 Å². The van der Waals surface area contributed by atoms with Gasteiger partial charge in [-0.25, -0.2) is 0 Å². The summed E-state index contributed by atoms with van der Waals surface area (Å²) >= 11 is 3.38. The molecule has 1 aromatic carbocycles. The number of hydrogen-bond donors (Lipinski definition) is 1. The van der Waals surface area contributed by atoms with E-state index in [1.54, 1.807) is 0 Å². The highest BCUT2D eigenvalue weighted by molar-refractivity contribution is 9.10. The molecule has 1 unspecified atom stereocenters. The molecule has 0 amide bonds. The van der Waals surface area contributed by atoms with E-state index in [-0.39, 0.29) is 12.5 Å². The SMILES string of the molecule is CCC(NCCCCC(F)(F)F)c1ccc(Br)cc1. The van der Waals surface area contributed by atoms with Gasteiger partial charge in [-0.15, -0.1) is 0 Å². The number of halogens is 4. The summed E-state index contributed by atoms with van der Waals surface area (Å²) in [5.41, 5.74) is 1.17. The second-order valence-electron chi connectivity index (χ2n) is 4.54. The fraction of sp³-hybridized carbons (Fsp3) is 0.571. The molecule has 0 saturated carbocycles. The molecule has 1 N–H and O–H groups in total. The standard InChI is InChI=1S/C14H19BrF3N/c1-2-13(11-5-7-12(15)8-6-11)19-10-4-3-9-14(16,17)18/h5-8,13,19H,2-4,9-10H2,1H3. The van der Waals surface area contributed by atoms with Gasteiger partial charge >= 0.3 is 6.18 Å². The van der Waals surface area contributed by atoms with Crippen LogP contribution in [0.3, 0.4) is 0 Å². The molecule has 0 bridgehead atoms. The fourth-order valence-corrected chi connectivity index (χ4v) is 2.18. The van der Waals surface area contributed by atoms with Crippen molar-refractivity contribution in [3.8, 4) is 0 Å². The Bertz CT molecular complexity index is 362. The van der Waals surface area contributed by atoms with E-state index in [1.807, 2.05) is 24.3 Å². The first-order valence-corrected chi connectivity index (χ1v) is 7.27. The third-order valence-electron chi connectivity index (χ3n) is 2.96. The Morgan fingerprint density at radius 3 is 2.32 bits per heavy atom. The van der Waals surface area contributed by atoms with E-state index in [9.17, 15) is 13.2 Å².